The van der Waals surface area contributed by atoms with E-state index in [4.69, 9.17) is 9.47 Å². The fourth-order valence-electron chi connectivity index (χ4n) is 3.60. The number of ketones is 1. The Balaban J connectivity index is 1.91. The van der Waals surface area contributed by atoms with Crippen LogP contribution in [0.3, 0.4) is 0 Å². The molecule has 0 atom stereocenters. The predicted octanol–water partition coefficient (Wildman–Crippen LogP) is 4.67. The lowest BCUT2D eigenvalue weighted by molar-refractivity contribution is -0.130. The zero-order valence-electron chi connectivity index (χ0n) is 17.9. The summed E-state index contributed by atoms with van der Waals surface area (Å²) in [5.74, 6) is -0.426. The maximum Gasteiger partial charge on any atom is 0.336 e. The van der Waals surface area contributed by atoms with Crippen molar-refractivity contribution in [2.75, 3.05) is 14.2 Å². The molecule has 1 aromatic heterocycles. The van der Waals surface area contributed by atoms with Crippen LogP contribution in [0.25, 0.3) is 16.6 Å². The molecule has 3 aromatic carbocycles. The smallest absolute Gasteiger partial charge is 0.336 e. The van der Waals surface area contributed by atoms with Crippen molar-refractivity contribution >= 4 is 40.1 Å². The van der Waals surface area contributed by atoms with Gasteiger partial charge < -0.3 is 14.6 Å². The number of para-hydroxylation sites is 1. The molecule has 0 radical (unpaired) electrons. The van der Waals surface area contributed by atoms with E-state index < -0.39 is 11.8 Å². The fourth-order valence-corrected chi connectivity index (χ4v) is 4.12. The zero-order chi connectivity index (χ0) is 23.4. The summed E-state index contributed by atoms with van der Waals surface area (Å²) in [6, 6.07) is 18.8. The Kier molecular flexibility index (Phi) is 6.46. The molecule has 0 spiro atoms. The minimum Gasteiger partial charge on any atom is -0.497 e. The molecule has 0 aliphatic rings. The molecule has 166 valence electrons. The van der Waals surface area contributed by atoms with Gasteiger partial charge in [0.1, 0.15) is 22.5 Å². The largest absolute Gasteiger partial charge is 0.497 e. The predicted molar refractivity (Wildman–Crippen MR) is 126 cm³/mol. The van der Waals surface area contributed by atoms with E-state index in [0.29, 0.717) is 39.2 Å². The van der Waals surface area contributed by atoms with E-state index in [0.717, 1.165) is 11.7 Å². The van der Waals surface area contributed by atoms with Crippen LogP contribution in [0.2, 0.25) is 0 Å². The van der Waals surface area contributed by atoms with E-state index in [-0.39, 0.29) is 17.6 Å². The van der Waals surface area contributed by atoms with Crippen LogP contribution in [0.1, 0.15) is 21.5 Å². The van der Waals surface area contributed by atoms with Crippen molar-refractivity contribution in [1.29, 1.82) is 0 Å². The van der Waals surface area contributed by atoms with Gasteiger partial charge in [-0.25, -0.2) is 4.79 Å². The number of hydrogen-bond donors (Lipinski definition) is 1. The summed E-state index contributed by atoms with van der Waals surface area (Å²) in [6.45, 7) is 0. The van der Waals surface area contributed by atoms with E-state index in [1.165, 1.54) is 14.2 Å². The molecule has 7 nitrogen and oxygen atoms in total. The summed E-state index contributed by atoms with van der Waals surface area (Å²) >= 11 is 1.05. The van der Waals surface area contributed by atoms with Gasteiger partial charge in [-0.05, 0) is 53.6 Å². The summed E-state index contributed by atoms with van der Waals surface area (Å²) in [5.41, 5.74) is 2.74. The molecule has 0 aliphatic carbocycles. The fraction of sp³-hybridized carbons (Fsp3) is 0.120. The Hall–Kier alpha value is -4.04. The summed E-state index contributed by atoms with van der Waals surface area (Å²) in [4.78, 5) is 26.2. The number of ether oxygens (including phenoxy) is 2. The number of allylic oxidation sites excluding steroid dienone is 1. The van der Waals surface area contributed by atoms with Gasteiger partial charge in [0, 0.05) is 17.6 Å². The molecule has 1 heterocycles. The molecule has 4 rings (SSSR count). The van der Waals surface area contributed by atoms with Crippen LogP contribution >= 0.6 is 11.7 Å². The van der Waals surface area contributed by atoms with Gasteiger partial charge in [0.25, 0.3) is 0 Å². The first-order valence-corrected chi connectivity index (χ1v) is 10.7. The van der Waals surface area contributed by atoms with Crippen LogP contribution in [0.15, 0.2) is 72.3 Å². The highest BCUT2D eigenvalue weighted by Gasteiger charge is 2.25. The molecule has 1 N–H and O–H groups in total. The van der Waals surface area contributed by atoms with Crippen molar-refractivity contribution in [2.24, 2.45) is 0 Å². The Morgan fingerprint density at radius 2 is 1.58 bits per heavy atom. The van der Waals surface area contributed by atoms with Crippen LogP contribution in [0.4, 0.5) is 0 Å². The molecule has 0 fully saturated rings. The third-order valence-corrected chi connectivity index (χ3v) is 5.80. The molecule has 0 aliphatic heterocycles. The molecule has 0 unspecified atom stereocenters. The van der Waals surface area contributed by atoms with Crippen molar-refractivity contribution in [3.63, 3.8) is 0 Å². The maximum atomic E-state index is 13.7. The zero-order valence-corrected chi connectivity index (χ0v) is 18.8. The molecular formula is C25H20N2O5S. The number of carboxylic acid groups (broad SMARTS) is 1. The third kappa shape index (κ3) is 4.61. The Labute approximate surface area is 194 Å². The number of carboxylic acids is 1. The van der Waals surface area contributed by atoms with E-state index in [1.54, 1.807) is 48.5 Å². The lowest BCUT2D eigenvalue weighted by Crippen LogP contribution is -2.14. The highest BCUT2D eigenvalue weighted by atomic mass is 32.1. The van der Waals surface area contributed by atoms with E-state index in [9.17, 15) is 14.7 Å². The molecule has 8 heteroatoms. The number of rotatable bonds is 8. The number of aliphatic carboxylic acids is 1. The van der Waals surface area contributed by atoms with Gasteiger partial charge in [-0.15, -0.1) is 0 Å². The first-order chi connectivity index (χ1) is 16.0. The summed E-state index contributed by atoms with van der Waals surface area (Å²) in [5, 5.41) is 10.2. The second-order valence-electron chi connectivity index (χ2n) is 7.17. The topological polar surface area (TPSA) is 98.6 Å². The number of carbonyl (C=O) groups excluding carboxylic acids is 1. The van der Waals surface area contributed by atoms with Crippen LogP contribution in [0.5, 0.6) is 11.5 Å². The van der Waals surface area contributed by atoms with Gasteiger partial charge in [-0.3, -0.25) is 4.79 Å². The Bertz CT molecular complexity index is 1360. The summed E-state index contributed by atoms with van der Waals surface area (Å²) in [7, 11) is 3.07. The van der Waals surface area contributed by atoms with Gasteiger partial charge in [-0.2, -0.15) is 8.75 Å². The second kappa shape index (κ2) is 9.62. The molecular weight excluding hydrogens is 440 g/mol. The number of nitrogens with zero attached hydrogens (tertiary/aromatic N) is 2. The molecule has 0 bridgehead atoms. The van der Waals surface area contributed by atoms with Crippen molar-refractivity contribution in [2.45, 2.75) is 6.42 Å². The number of methoxy groups -OCH3 is 2. The minimum absolute atomic E-state index is 0.0733. The Morgan fingerprint density at radius 3 is 2.27 bits per heavy atom. The van der Waals surface area contributed by atoms with Crippen molar-refractivity contribution in [3.8, 4) is 11.5 Å². The third-order valence-electron chi connectivity index (χ3n) is 5.24. The van der Waals surface area contributed by atoms with Gasteiger partial charge in [0.2, 0.25) is 0 Å². The number of carbonyl (C=O) groups is 2. The monoisotopic (exact) mass is 460 g/mol. The average Bonchev–Trinajstić information content (AvgIpc) is 3.31. The van der Waals surface area contributed by atoms with Crippen LogP contribution < -0.4 is 9.47 Å². The number of fused-ring (bicyclic) bond motifs is 1. The SMILES string of the molecule is COc1ccc(C(=O)/C(Cc2ccccc2OC)=C(\C(=O)O)c2ccc3nsnc3c2)cc1. The summed E-state index contributed by atoms with van der Waals surface area (Å²) in [6.07, 6.45) is 0.0733. The standard InChI is InChI=1S/C25H20N2O5S/c1-31-18-10-7-15(8-11-18)24(28)19(13-16-5-3-4-6-22(16)32-2)23(25(29)30)17-9-12-20-21(14-17)27-33-26-20/h3-12,14H,13H2,1-2H3,(H,29,30)/b23-19-. The average molecular weight is 461 g/mol. The van der Waals surface area contributed by atoms with Gasteiger partial charge in [0.05, 0.1) is 31.5 Å². The highest BCUT2D eigenvalue weighted by Crippen LogP contribution is 2.30. The van der Waals surface area contributed by atoms with E-state index in [1.807, 2.05) is 18.2 Å². The number of hydrogen-bond acceptors (Lipinski definition) is 7. The quantitative estimate of drug-likeness (QED) is 0.301. The van der Waals surface area contributed by atoms with Gasteiger partial charge >= 0.3 is 5.97 Å². The molecule has 0 amide bonds. The van der Waals surface area contributed by atoms with Crippen molar-refractivity contribution in [1.82, 2.24) is 8.75 Å². The van der Waals surface area contributed by atoms with Gasteiger partial charge in [-0.1, -0.05) is 24.3 Å². The van der Waals surface area contributed by atoms with Gasteiger partial charge in [0.15, 0.2) is 5.78 Å². The Morgan fingerprint density at radius 1 is 0.879 bits per heavy atom. The van der Waals surface area contributed by atoms with E-state index in [2.05, 4.69) is 8.75 Å². The second-order valence-corrected chi connectivity index (χ2v) is 7.70. The summed E-state index contributed by atoms with van der Waals surface area (Å²) < 4.78 is 19.0. The van der Waals surface area contributed by atoms with Crippen molar-refractivity contribution in [3.05, 3.63) is 89.0 Å². The molecule has 0 saturated heterocycles. The maximum absolute atomic E-state index is 13.7. The first-order valence-electron chi connectivity index (χ1n) is 10.0. The normalized spacial score (nSPS) is 11.7. The van der Waals surface area contributed by atoms with Crippen LogP contribution in [-0.2, 0) is 11.2 Å². The van der Waals surface area contributed by atoms with Crippen LogP contribution in [0, 0.1) is 0 Å². The first kappa shape index (κ1) is 22.2. The number of benzene rings is 3. The van der Waals surface area contributed by atoms with Crippen molar-refractivity contribution < 1.29 is 24.2 Å². The molecule has 33 heavy (non-hydrogen) atoms. The number of Topliss-reactive ketones (excluding diaryl/α,β-unsaturated/α-hetero) is 1. The number of aromatic nitrogens is 2. The molecule has 4 aromatic rings. The highest BCUT2D eigenvalue weighted by molar-refractivity contribution is 7.00. The lowest BCUT2D eigenvalue weighted by Gasteiger charge is -2.15. The minimum atomic E-state index is -1.20. The molecule has 0 saturated carbocycles. The van der Waals surface area contributed by atoms with E-state index >= 15 is 0 Å². The lowest BCUT2D eigenvalue weighted by atomic mass is 9.89. The van der Waals surface area contributed by atoms with Crippen LogP contribution in [-0.4, -0.2) is 39.8 Å².